The van der Waals surface area contributed by atoms with Crippen LogP contribution in [0.25, 0.3) is 72.3 Å². The summed E-state index contributed by atoms with van der Waals surface area (Å²) in [4.78, 5) is 0. The van der Waals surface area contributed by atoms with E-state index in [1.165, 1.54) is 89.0 Å². The van der Waals surface area contributed by atoms with Crippen LogP contribution in [0.2, 0.25) is 0 Å². The van der Waals surface area contributed by atoms with Gasteiger partial charge in [0.25, 0.3) is 0 Å². The fraction of sp³-hybridized carbons (Fsp3) is 0.0370. The molecule has 8 aromatic carbocycles. The van der Waals surface area contributed by atoms with Crippen LogP contribution >= 0.6 is 0 Å². The summed E-state index contributed by atoms with van der Waals surface area (Å²) in [6.45, 7) is 2.23. The SMILES string of the molecule is Cc1ccc(-c2cc(-c3ccccc3)cc(-c3ccccc3)c2)cc1-c1ccccc1C1C=CC(c2cc(-c3ccccc3)cc(-c3ccccc3)c2)=C1. The average Bonchev–Trinajstić information content (AvgIpc) is 3.75. The van der Waals surface area contributed by atoms with E-state index in [1.807, 2.05) is 0 Å². The number of allylic oxidation sites excluding steroid dienone is 4. The summed E-state index contributed by atoms with van der Waals surface area (Å²) in [5.41, 5.74) is 19.8. The molecule has 54 heavy (non-hydrogen) atoms. The van der Waals surface area contributed by atoms with Crippen molar-refractivity contribution in [3.63, 3.8) is 0 Å². The van der Waals surface area contributed by atoms with Gasteiger partial charge in [-0.3, -0.25) is 0 Å². The number of aryl methyl sites for hydroxylation is 1. The lowest BCUT2D eigenvalue weighted by Gasteiger charge is -2.17. The Kier molecular flexibility index (Phi) is 9.01. The molecule has 0 fully saturated rings. The second kappa shape index (κ2) is 14.7. The molecule has 0 spiro atoms. The lowest BCUT2D eigenvalue weighted by molar-refractivity contribution is 1.11. The lowest BCUT2D eigenvalue weighted by atomic mass is 9.87. The number of rotatable bonds is 8. The van der Waals surface area contributed by atoms with Gasteiger partial charge in [-0.25, -0.2) is 0 Å². The van der Waals surface area contributed by atoms with Crippen molar-refractivity contribution in [2.75, 3.05) is 0 Å². The number of benzene rings is 8. The summed E-state index contributed by atoms with van der Waals surface area (Å²) in [5.74, 6) is 0.158. The second-order valence-electron chi connectivity index (χ2n) is 14.2. The van der Waals surface area contributed by atoms with Crippen LogP contribution in [0.15, 0.2) is 218 Å². The molecule has 1 aliphatic rings. The Labute approximate surface area is 319 Å². The van der Waals surface area contributed by atoms with E-state index in [-0.39, 0.29) is 5.92 Å². The largest absolute Gasteiger partial charge is 0.0726 e. The molecule has 1 unspecified atom stereocenters. The van der Waals surface area contributed by atoms with Gasteiger partial charge in [-0.05, 0) is 138 Å². The Morgan fingerprint density at radius 1 is 0.315 bits per heavy atom. The molecule has 1 aliphatic carbocycles. The van der Waals surface area contributed by atoms with Gasteiger partial charge in [-0.2, -0.15) is 0 Å². The van der Waals surface area contributed by atoms with Crippen LogP contribution in [0.5, 0.6) is 0 Å². The Hall–Kier alpha value is -6.76. The van der Waals surface area contributed by atoms with Crippen molar-refractivity contribution in [2.24, 2.45) is 0 Å². The highest BCUT2D eigenvalue weighted by Gasteiger charge is 2.19. The fourth-order valence-corrected chi connectivity index (χ4v) is 7.80. The summed E-state index contributed by atoms with van der Waals surface area (Å²) >= 11 is 0. The van der Waals surface area contributed by atoms with E-state index in [1.54, 1.807) is 0 Å². The standard InChI is InChI=1S/C54H40/c1-38-26-27-44(51-35-48(41-20-10-4-11-21-41)32-49(36-51)42-22-12-5-13-23-42)37-54(38)53-25-15-14-24-52(53)45-29-28-43(30-45)50-33-46(39-16-6-2-7-17-39)31-47(34-50)40-18-8-3-9-19-40/h2-37,45H,1H3. The van der Waals surface area contributed by atoms with E-state index in [2.05, 4.69) is 225 Å². The molecule has 0 amide bonds. The summed E-state index contributed by atoms with van der Waals surface area (Å²) in [6, 6.07) is 72.7. The van der Waals surface area contributed by atoms with Gasteiger partial charge in [0.1, 0.15) is 0 Å². The first-order chi connectivity index (χ1) is 26.7. The van der Waals surface area contributed by atoms with Crippen molar-refractivity contribution in [3.8, 4) is 66.8 Å². The van der Waals surface area contributed by atoms with Gasteiger partial charge < -0.3 is 0 Å². The van der Waals surface area contributed by atoms with Gasteiger partial charge in [0.15, 0.2) is 0 Å². The minimum atomic E-state index is 0.158. The van der Waals surface area contributed by atoms with Gasteiger partial charge in [0.2, 0.25) is 0 Å². The first-order valence-electron chi connectivity index (χ1n) is 18.8. The monoisotopic (exact) mass is 688 g/mol. The molecule has 1 atom stereocenters. The Balaban J connectivity index is 1.11. The van der Waals surface area contributed by atoms with E-state index in [0.29, 0.717) is 0 Å². The van der Waals surface area contributed by atoms with E-state index >= 15 is 0 Å². The highest BCUT2D eigenvalue weighted by atomic mass is 14.2. The maximum atomic E-state index is 2.44. The number of hydrogen-bond donors (Lipinski definition) is 0. The normalized spacial score (nSPS) is 13.5. The maximum Gasteiger partial charge on any atom is 0.0217 e. The van der Waals surface area contributed by atoms with Crippen molar-refractivity contribution in [1.82, 2.24) is 0 Å². The molecular formula is C54H40. The highest BCUT2D eigenvalue weighted by molar-refractivity contribution is 5.87. The Morgan fingerprint density at radius 3 is 1.20 bits per heavy atom. The van der Waals surface area contributed by atoms with E-state index in [9.17, 15) is 0 Å². The maximum absolute atomic E-state index is 2.44. The zero-order valence-corrected chi connectivity index (χ0v) is 30.4. The van der Waals surface area contributed by atoms with Crippen LogP contribution in [-0.4, -0.2) is 0 Å². The quantitative estimate of drug-likeness (QED) is 0.149. The molecular weight excluding hydrogens is 649 g/mol. The smallest absolute Gasteiger partial charge is 0.0217 e. The van der Waals surface area contributed by atoms with Gasteiger partial charge in [-0.1, -0.05) is 176 Å². The molecule has 0 bridgehead atoms. The first kappa shape index (κ1) is 33.1. The van der Waals surface area contributed by atoms with Crippen LogP contribution in [-0.2, 0) is 0 Å². The molecule has 0 aromatic heterocycles. The Morgan fingerprint density at radius 2 is 0.722 bits per heavy atom. The average molecular weight is 689 g/mol. The van der Waals surface area contributed by atoms with Crippen molar-refractivity contribution >= 4 is 5.57 Å². The van der Waals surface area contributed by atoms with Crippen molar-refractivity contribution in [1.29, 1.82) is 0 Å². The van der Waals surface area contributed by atoms with Gasteiger partial charge in [-0.15, -0.1) is 0 Å². The summed E-state index contributed by atoms with van der Waals surface area (Å²) < 4.78 is 0. The summed E-state index contributed by atoms with van der Waals surface area (Å²) in [5, 5.41) is 0. The molecule has 9 rings (SSSR count). The van der Waals surface area contributed by atoms with Crippen molar-refractivity contribution in [2.45, 2.75) is 12.8 Å². The predicted octanol–water partition coefficient (Wildman–Crippen LogP) is 14.7. The van der Waals surface area contributed by atoms with Crippen LogP contribution in [0.4, 0.5) is 0 Å². The number of hydrogen-bond acceptors (Lipinski definition) is 0. The van der Waals surface area contributed by atoms with E-state index in [4.69, 9.17) is 0 Å². The van der Waals surface area contributed by atoms with Crippen molar-refractivity contribution < 1.29 is 0 Å². The Bertz CT molecular complexity index is 2510. The second-order valence-corrected chi connectivity index (χ2v) is 14.2. The lowest BCUT2D eigenvalue weighted by Crippen LogP contribution is -1.96. The van der Waals surface area contributed by atoms with Crippen LogP contribution in [0, 0.1) is 6.92 Å². The minimum absolute atomic E-state index is 0.158. The van der Waals surface area contributed by atoms with Crippen LogP contribution < -0.4 is 0 Å². The zero-order chi connectivity index (χ0) is 36.3. The molecule has 0 radical (unpaired) electrons. The molecule has 0 saturated carbocycles. The third-order valence-corrected chi connectivity index (χ3v) is 10.7. The molecule has 0 aliphatic heterocycles. The third-order valence-electron chi connectivity index (χ3n) is 10.7. The topological polar surface area (TPSA) is 0 Å². The van der Waals surface area contributed by atoms with Crippen LogP contribution in [0.3, 0.4) is 0 Å². The third kappa shape index (κ3) is 6.78. The van der Waals surface area contributed by atoms with Gasteiger partial charge >= 0.3 is 0 Å². The molecule has 8 aromatic rings. The molecule has 0 heterocycles. The summed E-state index contributed by atoms with van der Waals surface area (Å²) in [7, 11) is 0. The summed E-state index contributed by atoms with van der Waals surface area (Å²) in [6.07, 6.45) is 7.11. The van der Waals surface area contributed by atoms with Gasteiger partial charge in [0, 0.05) is 5.92 Å². The molecule has 0 saturated heterocycles. The molecule has 0 heteroatoms. The zero-order valence-electron chi connectivity index (χ0n) is 30.4. The predicted molar refractivity (Wildman–Crippen MR) is 230 cm³/mol. The van der Waals surface area contributed by atoms with Crippen LogP contribution in [0.1, 0.15) is 22.6 Å². The van der Waals surface area contributed by atoms with Gasteiger partial charge in [0.05, 0.1) is 0 Å². The van der Waals surface area contributed by atoms with E-state index < -0.39 is 0 Å². The molecule has 0 nitrogen and oxygen atoms in total. The minimum Gasteiger partial charge on any atom is -0.0726 e. The molecule has 256 valence electrons. The first-order valence-corrected chi connectivity index (χ1v) is 18.8. The fourth-order valence-electron chi connectivity index (χ4n) is 7.80. The van der Waals surface area contributed by atoms with Crippen molar-refractivity contribution in [3.05, 3.63) is 235 Å². The van der Waals surface area contributed by atoms with E-state index in [0.717, 1.165) is 0 Å². The highest BCUT2D eigenvalue weighted by Crippen LogP contribution is 2.41. The molecule has 0 N–H and O–H groups in total.